The van der Waals surface area contributed by atoms with Gasteiger partial charge in [-0.2, -0.15) is 0 Å². The summed E-state index contributed by atoms with van der Waals surface area (Å²) in [6.07, 6.45) is 7.12. The summed E-state index contributed by atoms with van der Waals surface area (Å²) in [7, 11) is 1.86. The van der Waals surface area contributed by atoms with E-state index >= 15 is 0 Å². The van der Waals surface area contributed by atoms with Gasteiger partial charge in [0, 0.05) is 52.0 Å². The lowest BCUT2D eigenvalue weighted by Crippen LogP contribution is -2.48. The van der Waals surface area contributed by atoms with Crippen LogP contribution in [0.5, 0.6) is 0 Å². The Morgan fingerprint density at radius 3 is 2.17 bits per heavy atom. The first-order chi connectivity index (χ1) is 17.6. The molecule has 4 rings (SSSR count). The van der Waals surface area contributed by atoms with Crippen LogP contribution in [-0.2, 0) is 4.79 Å². The van der Waals surface area contributed by atoms with Crippen LogP contribution in [0.1, 0.15) is 35.6 Å². The third kappa shape index (κ3) is 7.50. The van der Waals surface area contributed by atoms with Crippen LogP contribution in [0.4, 0.5) is 0 Å². The van der Waals surface area contributed by atoms with Crippen molar-refractivity contribution in [2.45, 2.75) is 18.9 Å². The van der Waals surface area contributed by atoms with Crippen molar-refractivity contribution in [2.24, 2.45) is 0 Å². The van der Waals surface area contributed by atoms with E-state index in [2.05, 4.69) is 75.4 Å². The Labute approximate surface area is 220 Å². The Morgan fingerprint density at radius 2 is 1.58 bits per heavy atom. The highest BCUT2D eigenvalue weighted by molar-refractivity contribution is 6.29. The molecule has 0 radical (unpaired) electrons. The Balaban J connectivity index is 1.20. The van der Waals surface area contributed by atoms with Crippen LogP contribution in [0.2, 0.25) is 5.15 Å². The number of aromatic nitrogens is 1. The zero-order valence-corrected chi connectivity index (χ0v) is 21.7. The predicted molar refractivity (Wildman–Crippen MR) is 148 cm³/mol. The molecule has 0 aliphatic carbocycles. The van der Waals surface area contributed by atoms with E-state index in [0.29, 0.717) is 11.2 Å². The van der Waals surface area contributed by atoms with E-state index in [1.54, 1.807) is 29.3 Å². The van der Waals surface area contributed by atoms with Crippen LogP contribution in [0.3, 0.4) is 0 Å². The van der Waals surface area contributed by atoms with Crippen LogP contribution < -0.4 is 0 Å². The first-order valence-corrected chi connectivity index (χ1v) is 13.1. The minimum absolute atomic E-state index is 0.00595. The van der Waals surface area contributed by atoms with Crippen LogP contribution >= 0.6 is 11.6 Å². The van der Waals surface area contributed by atoms with Gasteiger partial charge in [-0.25, -0.2) is 4.98 Å². The van der Waals surface area contributed by atoms with Gasteiger partial charge in [0.2, 0.25) is 5.91 Å². The van der Waals surface area contributed by atoms with Crippen LogP contribution in [0.15, 0.2) is 85.1 Å². The van der Waals surface area contributed by atoms with E-state index in [0.717, 1.165) is 57.7 Å². The fourth-order valence-corrected chi connectivity index (χ4v) is 4.82. The molecule has 5 nitrogen and oxygen atoms in total. The van der Waals surface area contributed by atoms with Gasteiger partial charge in [0.15, 0.2) is 0 Å². The number of hydrogen-bond acceptors (Lipinski definition) is 4. The van der Waals surface area contributed by atoms with Crippen LogP contribution in [0.25, 0.3) is 6.08 Å². The summed E-state index contributed by atoms with van der Waals surface area (Å²) < 4.78 is 0. The monoisotopic (exact) mass is 502 g/mol. The number of carbonyl (C=O) groups excluding carboxylic acids is 1. The van der Waals surface area contributed by atoms with Gasteiger partial charge < -0.3 is 9.80 Å². The third-order valence-electron chi connectivity index (χ3n) is 6.77. The van der Waals surface area contributed by atoms with Gasteiger partial charge in [-0.15, -0.1) is 0 Å². The van der Waals surface area contributed by atoms with Crippen molar-refractivity contribution in [3.8, 4) is 0 Å². The van der Waals surface area contributed by atoms with E-state index in [9.17, 15) is 4.79 Å². The zero-order valence-electron chi connectivity index (χ0n) is 21.0. The summed E-state index contributed by atoms with van der Waals surface area (Å²) in [4.78, 5) is 23.4. The lowest BCUT2D eigenvalue weighted by Gasteiger charge is -2.40. The van der Waals surface area contributed by atoms with Gasteiger partial charge in [-0.05, 0) is 48.2 Å². The highest BCUT2D eigenvalue weighted by Crippen LogP contribution is 2.29. The molecule has 0 bridgehead atoms. The third-order valence-corrected chi connectivity index (χ3v) is 6.99. The fourth-order valence-electron chi connectivity index (χ4n) is 4.71. The molecular weight excluding hydrogens is 468 g/mol. The molecule has 0 N–H and O–H groups in total. The number of likely N-dealkylation sites (N-methyl/N-ethyl adjacent to an activating group) is 1. The van der Waals surface area contributed by atoms with E-state index < -0.39 is 0 Å². The first kappa shape index (κ1) is 26.1. The van der Waals surface area contributed by atoms with Crippen LogP contribution in [0, 0.1) is 0 Å². The van der Waals surface area contributed by atoms with Gasteiger partial charge in [0.25, 0.3) is 0 Å². The number of benzene rings is 2. The van der Waals surface area contributed by atoms with Gasteiger partial charge >= 0.3 is 0 Å². The smallest absolute Gasteiger partial charge is 0.246 e. The molecule has 1 fully saturated rings. The van der Waals surface area contributed by atoms with E-state index in [1.807, 2.05) is 13.1 Å². The summed E-state index contributed by atoms with van der Waals surface area (Å²) in [5, 5.41) is 0.448. The number of pyridine rings is 1. The maximum atomic E-state index is 12.4. The molecule has 6 heteroatoms. The minimum Gasteiger partial charge on any atom is -0.342 e. The average Bonchev–Trinajstić information content (AvgIpc) is 2.92. The summed E-state index contributed by atoms with van der Waals surface area (Å²) in [6.45, 7) is 6.08. The fraction of sp³-hybridized carbons (Fsp3) is 0.333. The Bertz CT molecular complexity index is 1060. The SMILES string of the molecule is CN(CCCCN1CCN(C(c2ccccc2)c2ccccc2)CC1)C(=O)/C=C/c1ccc(Cl)nc1. The summed E-state index contributed by atoms with van der Waals surface area (Å²) >= 11 is 5.81. The molecule has 0 unspecified atom stereocenters. The van der Waals surface area contributed by atoms with Crippen LogP contribution in [-0.4, -0.2) is 71.9 Å². The van der Waals surface area contributed by atoms with Gasteiger partial charge in [-0.3, -0.25) is 9.69 Å². The number of rotatable bonds is 10. The molecule has 1 aliphatic heterocycles. The Kier molecular flexibility index (Phi) is 9.68. The number of amides is 1. The van der Waals surface area contributed by atoms with Crippen molar-refractivity contribution >= 4 is 23.6 Å². The molecule has 0 spiro atoms. The van der Waals surface area contributed by atoms with Gasteiger partial charge in [-0.1, -0.05) is 78.3 Å². The lowest BCUT2D eigenvalue weighted by molar-refractivity contribution is -0.124. The molecule has 0 saturated carbocycles. The molecule has 0 atom stereocenters. The molecule has 1 aliphatic rings. The highest BCUT2D eigenvalue weighted by Gasteiger charge is 2.26. The summed E-state index contributed by atoms with van der Waals surface area (Å²) in [5.74, 6) is 0.00595. The number of unbranched alkanes of at least 4 members (excludes halogenated alkanes) is 1. The quantitative estimate of drug-likeness (QED) is 0.211. The zero-order chi connectivity index (χ0) is 25.2. The summed E-state index contributed by atoms with van der Waals surface area (Å²) in [6, 6.07) is 25.5. The second-order valence-corrected chi connectivity index (χ2v) is 9.70. The maximum Gasteiger partial charge on any atom is 0.246 e. The number of halogens is 1. The molecule has 1 amide bonds. The topological polar surface area (TPSA) is 39.7 Å². The second-order valence-electron chi connectivity index (χ2n) is 9.32. The number of hydrogen-bond donors (Lipinski definition) is 0. The Hall–Kier alpha value is -2.99. The van der Waals surface area contributed by atoms with Crippen molar-refractivity contribution in [1.82, 2.24) is 19.7 Å². The maximum absolute atomic E-state index is 12.4. The normalized spacial score (nSPS) is 15.0. The molecule has 36 heavy (non-hydrogen) atoms. The number of piperazine rings is 1. The molecule has 2 aromatic carbocycles. The van der Waals surface area contributed by atoms with Crippen molar-refractivity contribution in [2.75, 3.05) is 46.3 Å². The molecule has 2 heterocycles. The Morgan fingerprint density at radius 1 is 0.944 bits per heavy atom. The second kappa shape index (κ2) is 13.4. The van der Waals surface area contributed by atoms with Gasteiger partial charge in [0.05, 0.1) is 6.04 Å². The number of carbonyl (C=O) groups is 1. The highest BCUT2D eigenvalue weighted by atomic mass is 35.5. The van der Waals surface area contributed by atoms with Crippen molar-refractivity contribution in [3.63, 3.8) is 0 Å². The van der Waals surface area contributed by atoms with Crippen molar-refractivity contribution in [1.29, 1.82) is 0 Å². The van der Waals surface area contributed by atoms with Crippen molar-refractivity contribution in [3.05, 3.63) is 107 Å². The minimum atomic E-state index is 0.00595. The van der Waals surface area contributed by atoms with Gasteiger partial charge in [0.1, 0.15) is 5.15 Å². The largest absolute Gasteiger partial charge is 0.342 e. The average molecular weight is 503 g/mol. The molecule has 3 aromatic rings. The molecule has 1 aromatic heterocycles. The lowest BCUT2D eigenvalue weighted by atomic mass is 9.96. The van der Waals surface area contributed by atoms with E-state index in [4.69, 9.17) is 11.6 Å². The van der Waals surface area contributed by atoms with E-state index in [-0.39, 0.29) is 5.91 Å². The standard InChI is InChI=1S/C30H35ClN4O/c1-33(29(36)17-15-25-14-16-28(31)32-24-25)18-8-9-19-34-20-22-35(23-21-34)30(26-10-4-2-5-11-26)27-12-6-3-7-13-27/h2-7,10-17,24,30H,8-9,18-23H2,1H3/b17-15+. The van der Waals surface area contributed by atoms with E-state index in [1.165, 1.54) is 11.1 Å². The number of nitrogens with zero attached hydrogens (tertiary/aromatic N) is 4. The summed E-state index contributed by atoms with van der Waals surface area (Å²) in [5.41, 5.74) is 3.57. The van der Waals surface area contributed by atoms with Crippen molar-refractivity contribution < 1.29 is 4.79 Å². The predicted octanol–water partition coefficient (Wildman–Crippen LogP) is 5.39. The molecule has 188 valence electrons. The molecule has 1 saturated heterocycles. The molecular formula is C30H35ClN4O. The first-order valence-electron chi connectivity index (χ1n) is 12.7.